The predicted octanol–water partition coefficient (Wildman–Crippen LogP) is 4.98. The first kappa shape index (κ1) is 21.9. The lowest BCUT2D eigenvalue weighted by Crippen LogP contribution is -2.15. The maximum atomic E-state index is 12.6. The lowest BCUT2D eigenvalue weighted by atomic mass is 10.1. The number of benzene rings is 3. The number of sulfonamides is 1. The number of thioether (sulfide) groups is 1. The lowest BCUT2D eigenvalue weighted by Gasteiger charge is -2.08. The summed E-state index contributed by atoms with van der Waals surface area (Å²) in [6, 6.07) is 20.1. The molecule has 1 amide bonds. The van der Waals surface area contributed by atoms with Gasteiger partial charge in [-0.2, -0.15) is 0 Å². The summed E-state index contributed by atoms with van der Waals surface area (Å²) in [5, 5.41) is 8.81. The summed E-state index contributed by atoms with van der Waals surface area (Å²) in [7, 11) is -3.83. The standard InChI is InChI=1S/C23H21N3O4S2/c1-15-16(2)25-30-23(15)26-32(28,29)21-11-8-19(9-12-21)24-22(27)14-31-20-10-7-17-5-3-4-6-18(17)13-20/h3-13,26H,14H2,1-2H3,(H,24,27). The Kier molecular flexibility index (Phi) is 6.20. The van der Waals surface area contributed by atoms with Gasteiger partial charge < -0.3 is 9.84 Å². The first-order valence-electron chi connectivity index (χ1n) is 9.79. The zero-order valence-corrected chi connectivity index (χ0v) is 19.1. The van der Waals surface area contributed by atoms with Gasteiger partial charge in [-0.25, -0.2) is 13.1 Å². The van der Waals surface area contributed by atoms with Gasteiger partial charge in [0, 0.05) is 16.1 Å². The van der Waals surface area contributed by atoms with E-state index in [1.165, 1.54) is 23.9 Å². The van der Waals surface area contributed by atoms with Crippen molar-refractivity contribution in [3.05, 3.63) is 78.0 Å². The van der Waals surface area contributed by atoms with E-state index < -0.39 is 10.0 Å². The maximum Gasteiger partial charge on any atom is 0.264 e. The van der Waals surface area contributed by atoms with Crippen molar-refractivity contribution in [2.24, 2.45) is 0 Å². The van der Waals surface area contributed by atoms with E-state index >= 15 is 0 Å². The Morgan fingerprint density at radius 2 is 1.72 bits per heavy atom. The second-order valence-electron chi connectivity index (χ2n) is 7.20. The van der Waals surface area contributed by atoms with Crippen LogP contribution in [0.5, 0.6) is 0 Å². The molecule has 0 atom stereocenters. The lowest BCUT2D eigenvalue weighted by molar-refractivity contribution is -0.113. The minimum absolute atomic E-state index is 0.0505. The zero-order valence-electron chi connectivity index (χ0n) is 17.5. The molecule has 7 nitrogen and oxygen atoms in total. The zero-order chi connectivity index (χ0) is 22.7. The van der Waals surface area contributed by atoms with E-state index in [-0.39, 0.29) is 22.4 Å². The predicted molar refractivity (Wildman–Crippen MR) is 127 cm³/mol. The van der Waals surface area contributed by atoms with Crippen molar-refractivity contribution in [1.82, 2.24) is 5.16 Å². The third-order valence-electron chi connectivity index (χ3n) is 4.92. The summed E-state index contributed by atoms with van der Waals surface area (Å²) in [4.78, 5) is 13.4. The van der Waals surface area contributed by atoms with Gasteiger partial charge in [-0.1, -0.05) is 35.5 Å². The number of anilines is 2. The van der Waals surface area contributed by atoms with Crippen LogP contribution in [-0.4, -0.2) is 25.2 Å². The van der Waals surface area contributed by atoms with Crippen LogP contribution < -0.4 is 10.0 Å². The molecule has 0 aliphatic carbocycles. The van der Waals surface area contributed by atoms with Gasteiger partial charge in [-0.15, -0.1) is 11.8 Å². The van der Waals surface area contributed by atoms with Gasteiger partial charge in [0.15, 0.2) is 0 Å². The van der Waals surface area contributed by atoms with Gasteiger partial charge in [-0.05, 0) is 61.0 Å². The Bertz CT molecular complexity index is 1380. The van der Waals surface area contributed by atoms with E-state index in [2.05, 4.69) is 21.3 Å². The van der Waals surface area contributed by atoms with E-state index in [9.17, 15) is 13.2 Å². The van der Waals surface area contributed by atoms with Crippen molar-refractivity contribution in [1.29, 1.82) is 0 Å². The molecule has 1 aromatic heterocycles. The highest BCUT2D eigenvalue weighted by atomic mass is 32.2. The first-order valence-corrected chi connectivity index (χ1v) is 12.3. The quantitative estimate of drug-likeness (QED) is 0.372. The third kappa shape index (κ3) is 4.95. The molecule has 2 N–H and O–H groups in total. The van der Waals surface area contributed by atoms with E-state index in [4.69, 9.17) is 4.52 Å². The minimum atomic E-state index is -3.83. The van der Waals surface area contributed by atoms with E-state index in [0.29, 0.717) is 16.9 Å². The fourth-order valence-electron chi connectivity index (χ4n) is 3.01. The molecular weight excluding hydrogens is 446 g/mol. The number of hydrogen-bond acceptors (Lipinski definition) is 6. The normalized spacial score (nSPS) is 11.4. The number of rotatable bonds is 7. The molecule has 0 spiro atoms. The van der Waals surface area contributed by atoms with Crippen LogP contribution in [0.25, 0.3) is 10.8 Å². The highest BCUT2D eigenvalue weighted by molar-refractivity contribution is 8.00. The van der Waals surface area contributed by atoms with Crippen molar-refractivity contribution in [2.75, 3.05) is 15.8 Å². The molecule has 0 saturated carbocycles. The molecular formula is C23H21N3O4S2. The molecule has 0 aliphatic heterocycles. The number of hydrogen-bond donors (Lipinski definition) is 2. The van der Waals surface area contributed by atoms with Crippen LogP contribution in [-0.2, 0) is 14.8 Å². The number of carbonyl (C=O) groups excluding carboxylic acids is 1. The largest absolute Gasteiger partial charge is 0.337 e. The van der Waals surface area contributed by atoms with Gasteiger partial charge >= 0.3 is 0 Å². The average Bonchev–Trinajstić information content (AvgIpc) is 3.09. The Morgan fingerprint density at radius 1 is 1.00 bits per heavy atom. The average molecular weight is 468 g/mol. The smallest absolute Gasteiger partial charge is 0.264 e. The molecule has 9 heteroatoms. The summed E-state index contributed by atoms with van der Waals surface area (Å²) in [5.41, 5.74) is 1.75. The van der Waals surface area contributed by atoms with E-state index in [1.807, 2.05) is 36.4 Å². The summed E-state index contributed by atoms with van der Waals surface area (Å²) in [5.74, 6) is 0.152. The number of nitrogens with zero attached hydrogens (tertiary/aromatic N) is 1. The van der Waals surface area contributed by atoms with Gasteiger partial charge in [0.2, 0.25) is 11.8 Å². The Labute approximate surface area is 190 Å². The van der Waals surface area contributed by atoms with Crippen molar-refractivity contribution in [3.63, 3.8) is 0 Å². The first-order chi connectivity index (χ1) is 15.3. The molecule has 0 bridgehead atoms. The molecule has 0 saturated heterocycles. The van der Waals surface area contributed by atoms with Crippen LogP contribution in [0, 0.1) is 13.8 Å². The fraction of sp³-hybridized carbons (Fsp3) is 0.130. The van der Waals surface area contributed by atoms with Crippen molar-refractivity contribution in [3.8, 4) is 0 Å². The third-order valence-corrected chi connectivity index (χ3v) is 7.26. The molecule has 0 radical (unpaired) electrons. The molecule has 4 aromatic rings. The molecule has 0 aliphatic rings. The number of aromatic nitrogens is 1. The number of fused-ring (bicyclic) bond motifs is 1. The van der Waals surface area contributed by atoms with E-state index in [1.54, 1.807) is 26.0 Å². The van der Waals surface area contributed by atoms with Crippen LogP contribution in [0.3, 0.4) is 0 Å². The highest BCUT2D eigenvalue weighted by Gasteiger charge is 2.19. The summed E-state index contributed by atoms with van der Waals surface area (Å²) < 4.78 is 32.5. The molecule has 1 heterocycles. The molecule has 4 rings (SSSR count). The Hall–Kier alpha value is -3.30. The summed E-state index contributed by atoms with van der Waals surface area (Å²) in [6.45, 7) is 3.45. The van der Waals surface area contributed by atoms with Gasteiger partial charge in [-0.3, -0.25) is 4.79 Å². The van der Waals surface area contributed by atoms with Gasteiger partial charge in [0.05, 0.1) is 16.3 Å². The second kappa shape index (κ2) is 9.05. The maximum absolute atomic E-state index is 12.6. The molecule has 32 heavy (non-hydrogen) atoms. The highest BCUT2D eigenvalue weighted by Crippen LogP contribution is 2.25. The number of nitrogens with one attached hydrogen (secondary N) is 2. The summed E-state index contributed by atoms with van der Waals surface area (Å²) >= 11 is 1.44. The monoisotopic (exact) mass is 467 g/mol. The number of aryl methyl sites for hydroxylation is 1. The minimum Gasteiger partial charge on any atom is -0.337 e. The van der Waals surface area contributed by atoms with Crippen LogP contribution in [0.2, 0.25) is 0 Å². The van der Waals surface area contributed by atoms with Crippen LogP contribution >= 0.6 is 11.8 Å². The summed E-state index contributed by atoms with van der Waals surface area (Å²) in [6.07, 6.45) is 0. The molecule has 3 aromatic carbocycles. The SMILES string of the molecule is Cc1noc(NS(=O)(=O)c2ccc(NC(=O)CSc3ccc4ccccc4c3)cc2)c1C. The van der Waals surface area contributed by atoms with Crippen molar-refractivity contribution >= 4 is 50.0 Å². The molecule has 0 unspecified atom stereocenters. The second-order valence-corrected chi connectivity index (χ2v) is 9.93. The van der Waals surface area contributed by atoms with E-state index in [0.717, 1.165) is 15.7 Å². The Balaban J connectivity index is 1.36. The van der Waals surface area contributed by atoms with Crippen LogP contribution in [0.15, 0.2) is 81.0 Å². The van der Waals surface area contributed by atoms with Crippen LogP contribution in [0.1, 0.15) is 11.3 Å². The number of carbonyl (C=O) groups is 1. The topological polar surface area (TPSA) is 101 Å². The fourth-order valence-corrected chi connectivity index (χ4v) is 4.80. The molecule has 0 fully saturated rings. The number of amides is 1. The van der Waals surface area contributed by atoms with Gasteiger partial charge in [0.25, 0.3) is 10.0 Å². The van der Waals surface area contributed by atoms with Crippen molar-refractivity contribution < 1.29 is 17.7 Å². The van der Waals surface area contributed by atoms with Gasteiger partial charge in [0.1, 0.15) is 0 Å². The van der Waals surface area contributed by atoms with Crippen molar-refractivity contribution in [2.45, 2.75) is 23.6 Å². The Morgan fingerprint density at radius 3 is 2.41 bits per heavy atom. The van der Waals surface area contributed by atoms with Crippen LogP contribution in [0.4, 0.5) is 11.6 Å². The molecule has 164 valence electrons.